The molecule has 0 aliphatic heterocycles. The Balaban J connectivity index is 1.92. The van der Waals surface area contributed by atoms with Crippen molar-refractivity contribution >= 4 is 12.2 Å². The van der Waals surface area contributed by atoms with Gasteiger partial charge in [0.1, 0.15) is 18.0 Å². The van der Waals surface area contributed by atoms with Gasteiger partial charge in [-0.2, -0.15) is 0 Å². The van der Waals surface area contributed by atoms with E-state index in [0.717, 1.165) is 0 Å². The van der Waals surface area contributed by atoms with Crippen LogP contribution in [0.25, 0.3) is 0 Å². The zero-order chi connectivity index (χ0) is 13.0. The molecule has 18 heavy (non-hydrogen) atoms. The fraction of sp³-hybridized carbons (Fsp3) is 0.273. The van der Waals surface area contributed by atoms with Gasteiger partial charge >= 0.3 is 0 Å². The Morgan fingerprint density at radius 1 is 1.61 bits per heavy atom. The molecule has 2 aromatic rings. The standard InChI is InChI=1S/C11H12N4O3/c1-14(6-10-3-2-4-18-10)11(17)7-15-5-9(8-16)12-13-15/h2-5,8H,6-7H2,1H3. The van der Waals surface area contributed by atoms with Crippen molar-refractivity contribution in [3.8, 4) is 0 Å². The molecule has 1 amide bonds. The Kier molecular flexibility index (Phi) is 3.52. The summed E-state index contributed by atoms with van der Waals surface area (Å²) in [5, 5.41) is 7.25. The van der Waals surface area contributed by atoms with Crippen LogP contribution in [0.1, 0.15) is 16.2 Å². The van der Waals surface area contributed by atoms with Gasteiger partial charge in [0.25, 0.3) is 0 Å². The highest BCUT2D eigenvalue weighted by atomic mass is 16.3. The van der Waals surface area contributed by atoms with E-state index in [1.54, 1.807) is 25.4 Å². The minimum atomic E-state index is -0.145. The summed E-state index contributed by atoms with van der Waals surface area (Å²) in [4.78, 5) is 23.8. The van der Waals surface area contributed by atoms with E-state index in [1.807, 2.05) is 0 Å². The summed E-state index contributed by atoms with van der Waals surface area (Å²) in [5.41, 5.74) is 0.205. The molecular weight excluding hydrogens is 236 g/mol. The zero-order valence-electron chi connectivity index (χ0n) is 9.81. The van der Waals surface area contributed by atoms with Gasteiger partial charge in [-0.15, -0.1) is 5.10 Å². The Morgan fingerprint density at radius 2 is 2.44 bits per heavy atom. The lowest BCUT2D eigenvalue weighted by Gasteiger charge is -2.15. The van der Waals surface area contributed by atoms with Crippen LogP contribution in [-0.2, 0) is 17.9 Å². The maximum atomic E-state index is 11.8. The molecule has 0 spiro atoms. The van der Waals surface area contributed by atoms with Crippen molar-refractivity contribution in [2.45, 2.75) is 13.1 Å². The number of carbonyl (C=O) groups excluding carboxylic acids is 2. The predicted octanol–water partition coefficient (Wildman–Crippen LogP) is 0.342. The van der Waals surface area contributed by atoms with Crippen LogP contribution < -0.4 is 0 Å². The molecule has 0 N–H and O–H groups in total. The first-order chi connectivity index (χ1) is 8.69. The number of rotatable bonds is 5. The van der Waals surface area contributed by atoms with E-state index >= 15 is 0 Å². The Bertz CT molecular complexity index is 532. The molecule has 7 nitrogen and oxygen atoms in total. The van der Waals surface area contributed by atoms with Crippen LogP contribution >= 0.6 is 0 Å². The average molecular weight is 248 g/mol. The van der Waals surface area contributed by atoms with Crippen molar-refractivity contribution in [2.24, 2.45) is 0 Å². The van der Waals surface area contributed by atoms with E-state index < -0.39 is 0 Å². The highest BCUT2D eigenvalue weighted by molar-refractivity contribution is 5.76. The smallest absolute Gasteiger partial charge is 0.244 e. The lowest BCUT2D eigenvalue weighted by atomic mass is 10.4. The topological polar surface area (TPSA) is 81.2 Å². The van der Waals surface area contributed by atoms with E-state index in [-0.39, 0.29) is 18.1 Å². The number of hydrogen-bond donors (Lipinski definition) is 0. The first-order valence-electron chi connectivity index (χ1n) is 5.30. The van der Waals surface area contributed by atoms with E-state index in [9.17, 15) is 9.59 Å². The number of aldehydes is 1. The fourth-order valence-electron chi connectivity index (χ4n) is 1.43. The summed E-state index contributed by atoms with van der Waals surface area (Å²) in [7, 11) is 1.67. The van der Waals surface area contributed by atoms with Gasteiger partial charge in [0.05, 0.1) is 19.0 Å². The number of furan rings is 1. The summed E-state index contributed by atoms with van der Waals surface area (Å²) >= 11 is 0. The summed E-state index contributed by atoms with van der Waals surface area (Å²) < 4.78 is 6.48. The molecule has 7 heteroatoms. The third-order valence-corrected chi connectivity index (χ3v) is 2.37. The Hall–Kier alpha value is -2.44. The lowest BCUT2D eigenvalue weighted by molar-refractivity contribution is -0.131. The normalized spacial score (nSPS) is 10.3. The molecule has 0 atom stereocenters. The predicted molar refractivity (Wildman–Crippen MR) is 60.6 cm³/mol. The molecule has 0 fully saturated rings. The van der Waals surface area contributed by atoms with E-state index in [1.165, 1.54) is 15.8 Å². The van der Waals surface area contributed by atoms with Gasteiger partial charge in [-0.3, -0.25) is 9.59 Å². The van der Waals surface area contributed by atoms with Crippen molar-refractivity contribution in [2.75, 3.05) is 7.05 Å². The molecular formula is C11H12N4O3. The number of amides is 1. The Morgan fingerprint density at radius 3 is 3.06 bits per heavy atom. The minimum absolute atomic E-state index is 0.0397. The van der Waals surface area contributed by atoms with Gasteiger partial charge < -0.3 is 9.32 Å². The molecule has 0 saturated heterocycles. The molecule has 2 rings (SSSR count). The molecule has 2 aromatic heterocycles. The number of likely N-dealkylation sites (N-methyl/N-ethyl adjacent to an activating group) is 1. The van der Waals surface area contributed by atoms with Crippen LogP contribution in [0.5, 0.6) is 0 Å². The second-order valence-corrected chi connectivity index (χ2v) is 3.79. The van der Waals surface area contributed by atoms with Gasteiger partial charge in [-0.05, 0) is 12.1 Å². The molecule has 0 radical (unpaired) electrons. The van der Waals surface area contributed by atoms with E-state index in [0.29, 0.717) is 18.6 Å². The number of carbonyl (C=O) groups is 2. The Labute approximate surface area is 103 Å². The largest absolute Gasteiger partial charge is 0.467 e. The van der Waals surface area contributed by atoms with Crippen LogP contribution in [0.15, 0.2) is 29.0 Å². The molecule has 94 valence electrons. The van der Waals surface area contributed by atoms with Crippen molar-refractivity contribution in [1.29, 1.82) is 0 Å². The van der Waals surface area contributed by atoms with Gasteiger partial charge in [0, 0.05) is 7.05 Å². The fourth-order valence-corrected chi connectivity index (χ4v) is 1.43. The highest BCUT2D eigenvalue weighted by Gasteiger charge is 2.12. The van der Waals surface area contributed by atoms with E-state index in [4.69, 9.17) is 4.42 Å². The van der Waals surface area contributed by atoms with Crippen LogP contribution in [0.3, 0.4) is 0 Å². The van der Waals surface area contributed by atoms with Gasteiger partial charge in [0.2, 0.25) is 5.91 Å². The van der Waals surface area contributed by atoms with Crippen molar-refractivity contribution < 1.29 is 14.0 Å². The van der Waals surface area contributed by atoms with Crippen LogP contribution in [0.4, 0.5) is 0 Å². The summed E-state index contributed by atoms with van der Waals surface area (Å²) in [5.74, 6) is 0.562. The zero-order valence-corrected chi connectivity index (χ0v) is 9.81. The average Bonchev–Trinajstić information content (AvgIpc) is 3.00. The second-order valence-electron chi connectivity index (χ2n) is 3.79. The molecule has 0 unspecified atom stereocenters. The van der Waals surface area contributed by atoms with Crippen LogP contribution in [0, 0.1) is 0 Å². The first kappa shape index (κ1) is 12.0. The van der Waals surface area contributed by atoms with Crippen molar-refractivity contribution in [3.05, 3.63) is 36.0 Å². The molecule has 0 aromatic carbocycles. The minimum Gasteiger partial charge on any atom is -0.467 e. The number of aromatic nitrogens is 3. The summed E-state index contributed by atoms with van der Waals surface area (Å²) in [6.45, 7) is 0.430. The summed E-state index contributed by atoms with van der Waals surface area (Å²) in [6.07, 6.45) is 3.56. The molecule has 2 heterocycles. The van der Waals surface area contributed by atoms with Gasteiger partial charge in [-0.1, -0.05) is 5.21 Å². The SMILES string of the molecule is CN(Cc1ccco1)C(=O)Cn1cc(C=O)nn1. The molecule has 0 aliphatic carbocycles. The van der Waals surface area contributed by atoms with Crippen LogP contribution in [-0.4, -0.2) is 39.1 Å². The maximum Gasteiger partial charge on any atom is 0.244 e. The molecule has 0 aliphatic rings. The van der Waals surface area contributed by atoms with Crippen molar-refractivity contribution in [1.82, 2.24) is 19.9 Å². The van der Waals surface area contributed by atoms with Gasteiger partial charge in [0.15, 0.2) is 6.29 Å². The number of nitrogens with zero attached hydrogens (tertiary/aromatic N) is 4. The monoisotopic (exact) mass is 248 g/mol. The quantitative estimate of drug-likeness (QED) is 0.713. The summed E-state index contributed by atoms with van der Waals surface area (Å²) in [6, 6.07) is 3.56. The van der Waals surface area contributed by atoms with Crippen LogP contribution in [0.2, 0.25) is 0 Å². The maximum absolute atomic E-state index is 11.8. The van der Waals surface area contributed by atoms with E-state index in [2.05, 4.69) is 10.3 Å². The highest BCUT2D eigenvalue weighted by Crippen LogP contribution is 2.04. The second kappa shape index (κ2) is 5.26. The third kappa shape index (κ3) is 2.82. The molecule has 0 saturated carbocycles. The third-order valence-electron chi connectivity index (χ3n) is 2.37. The first-order valence-corrected chi connectivity index (χ1v) is 5.30. The number of hydrogen-bond acceptors (Lipinski definition) is 5. The molecule has 0 bridgehead atoms. The van der Waals surface area contributed by atoms with Gasteiger partial charge in [-0.25, -0.2) is 4.68 Å². The lowest BCUT2D eigenvalue weighted by Crippen LogP contribution is -2.29. The van der Waals surface area contributed by atoms with Crippen molar-refractivity contribution in [3.63, 3.8) is 0 Å².